The number of carbonyl (C=O) groups excluding carboxylic acids is 1. The SMILES string of the molecule is CCC(CC)O[C@@H]1C=C(C(=O)O)C[C@H](NCc2cc(-c3ccc(F)c(F)c3)no2)[C@H]1NC(C)=O. The van der Waals surface area contributed by atoms with Crippen molar-refractivity contribution in [3.8, 4) is 11.3 Å². The maximum absolute atomic E-state index is 13.5. The van der Waals surface area contributed by atoms with Gasteiger partial charge in [-0.3, -0.25) is 4.79 Å². The zero-order chi connectivity index (χ0) is 24.8. The first-order valence-electron chi connectivity index (χ1n) is 11.2. The summed E-state index contributed by atoms with van der Waals surface area (Å²) in [4.78, 5) is 23.7. The summed E-state index contributed by atoms with van der Waals surface area (Å²) in [6.45, 7) is 5.53. The molecule has 1 aromatic heterocycles. The third-order valence-corrected chi connectivity index (χ3v) is 5.81. The van der Waals surface area contributed by atoms with Gasteiger partial charge in [0.25, 0.3) is 0 Å². The molecule has 0 saturated carbocycles. The summed E-state index contributed by atoms with van der Waals surface area (Å²) >= 11 is 0. The van der Waals surface area contributed by atoms with E-state index < -0.39 is 35.8 Å². The molecule has 1 aliphatic carbocycles. The summed E-state index contributed by atoms with van der Waals surface area (Å²) in [6.07, 6.45) is 2.51. The van der Waals surface area contributed by atoms with Crippen molar-refractivity contribution < 1.29 is 32.7 Å². The molecule has 1 heterocycles. The molecule has 0 fully saturated rings. The molecule has 1 aromatic carbocycles. The Balaban J connectivity index is 1.78. The lowest BCUT2D eigenvalue weighted by molar-refractivity contribution is -0.133. The highest BCUT2D eigenvalue weighted by Crippen LogP contribution is 2.26. The number of carboxylic acid groups (broad SMARTS) is 1. The van der Waals surface area contributed by atoms with E-state index in [0.717, 1.165) is 25.0 Å². The first kappa shape index (κ1) is 25.5. The van der Waals surface area contributed by atoms with Crippen LogP contribution in [0.2, 0.25) is 0 Å². The number of nitrogens with zero attached hydrogens (tertiary/aromatic N) is 1. The lowest BCUT2D eigenvalue weighted by Gasteiger charge is -2.38. The second kappa shape index (κ2) is 11.3. The Kier molecular flexibility index (Phi) is 8.51. The van der Waals surface area contributed by atoms with Crippen molar-refractivity contribution in [2.75, 3.05) is 0 Å². The fourth-order valence-electron chi connectivity index (χ4n) is 3.98. The number of nitrogens with one attached hydrogen (secondary N) is 2. The van der Waals surface area contributed by atoms with Crippen molar-refractivity contribution in [3.05, 3.63) is 53.3 Å². The van der Waals surface area contributed by atoms with Gasteiger partial charge in [0.15, 0.2) is 17.4 Å². The molecule has 8 nitrogen and oxygen atoms in total. The van der Waals surface area contributed by atoms with E-state index in [1.165, 1.54) is 13.0 Å². The van der Waals surface area contributed by atoms with Crippen molar-refractivity contribution in [1.29, 1.82) is 0 Å². The van der Waals surface area contributed by atoms with E-state index in [9.17, 15) is 23.5 Å². The van der Waals surface area contributed by atoms with Gasteiger partial charge in [-0.1, -0.05) is 19.0 Å². The third-order valence-electron chi connectivity index (χ3n) is 5.81. The number of halogens is 2. The first-order valence-corrected chi connectivity index (χ1v) is 11.2. The minimum Gasteiger partial charge on any atom is -0.478 e. The average Bonchev–Trinajstić information content (AvgIpc) is 3.27. The molecule has 0 spiro atoms. The smallest absolute Gasteiger partial charge is 0.331 e. The summed E-state index contributed by atoms with van der Waals surface area (Å²) in [5, 5.41) is 19.6. The van der Waals surface area contributed by atoms with Crippen LogP contribution < -0.4 is 10.6 Å². The predicted octanol–water partition coefficient (Wildman–Crippen LogP) is 3.57. The Morgan fingerprint density at radius 1 is 1.24 bits per heavy atom. The highest BCUT2D eigenvalue weighted by molar-refractivity contribution is 5.87. The molecule has 3 rings (SSSR count). The Bertz CT molecular complexity index is 1050. The number of aromatic nitrogens is 1. The molecule has 1 aliphatic rings. The number of hydrogen-bond donors (Lipinski definition) is 3. The van der Waals surface area contributed by atoms with E-state index in [1.54, 1.807) is 12.1 Å². The van der Waals surface area contributed by atoms with Gasteiger partial charge < -0.3 is 25.0 Å². The van der Waals surface area contributed by atoms with Gasteiger partial charge in [0.2, 0.25) is 5.91 Å². The van der Waals surface area contributed by atoms with Crippen LogP contribution in [0, 0.1) is 11.6 Å². The van der Waals surface area contributed by atoms with Crippen LogP contribution >= 0.6 is 0 Å². The van der Waals surface area contributed by atoms with Gasteiger partial charge in [-0.25, -0.2) is 13.6 Å². The molecule has 0 bridgehead atoms. The van der Waals surface area contributed by atoms with Crippen LogP contribution in [0.5, 0.6) is 0 Å². The number of hydrogen-bond acceptors (Lipinski definition) is 6. The number of carboxylic acids is 1. The van der Waals surface area contributed by atoms with E-state index in [2.05, 4.69) is 15.8 Å². The van der Waals surface area contributed by atoms with Gasteiger partial charge in [-0.05, 0) is 43.5 Å². The van der Waals surface area contributed by atoms with E-state index in [-0.39, 0.29) is 30.5 Å². The highest BCUT2D eigenvalue weighted by atomic mass is 19.2. The molecule has 0 unspecified atom stereocenters. The van der Waals surface area contributed by atoms with E-state index in [1.807, 2.05) is 13.8 Å². The van der Waals surface area contributed by atoms with E-state index in [4.69, 9.17) is 9.26 Å². The van der Waals surface area contributed by atoms with Crippen molar-refractivity contribution in [2.45, 2.75) is 70.9 Å². The monoisotopic (exact) mass is 477 g/mol. The molecule has 2 aromatic rings. The van der Waals surface area contributed by atoms with Crippen molar-refractivity contribution in [1.82, 2.24) is 15.8 Å². The van der Waals surface area contributed by atoms with Crippen molar-refractivity contribution in [3.63, 3.8) is 0 Å². The Labute approximate surface area is 196 Å². The van der Waals surface area contributed by atoms with Crippen molar-refractivity contribution >= 4 is 11.9 Å². The summed E-state index contributed by atoms with van der Waals surface area (Å²) in [5.74, 6) is -2.85. The molecule has 0 aliphatic heterocycles. The van der Waals surface area contributed by atoms with Crippen molar-refractivity contribution in [2.24, 2.45) is 0 Å². The molecular formula is C24H29F2N3O5. The number of rotatable bonds is 10. The molecule has 34 heavy (non-hydrogen) atoms. The lowest BCUT2D eigenvalue weighted by atomic mass is 9.87. The molecule has 184 valence electrons. The molecule has 3 N–H and O–H groups in total. The second-order valence-corrected chi connectivity index (χ2v) is 8.26. The lowest BCUT2D eigenvalue weighted by Crippen LogP contribution is -2.58. The summed E-state index contributed by atoms with van der Waals surface area (Å²) in [6, 6.07) is 4.05. The van der Waals surface area contributed by atoms with Gasteiger partial charge in [0, 0.05) is 30.2 Å². The normalized spacial score (nSPS) is 20.3. The van der Waals surface area contributed by atoms with Crippen LogP contribution in [0.15, 0.2) is 40.4 Å². The van der Waals surface area contributed by atoms with Gasteiger partial charge in [-0.15, -0.1) is 0 Å². The maximum atomic E-state index is 13.5. The van der Waals surface area contributed by atoms with Gasteiger partial charge in [-0.2, -0.15) is 0 Å². The molecule has 3 atom stereocenters. The number of carbonyl (C=O) groups is 2. The summed E-state index contributed by atoms with van der Waals surface area (Å²) in [7, 11) is 0. The van der Waals surface area contributed by atoms with E-state index in [0.29, 0.717) is 17.0 Å². The number of aliphatic carboxylic acids is 1. The number of ether oxygens (including phenoxy) is 1. The van der Waals surface area contributed by atoms with Gasteiger partial charge >= 0.3 is 5.97 Å². The fourth-order valence-corrected chi connectivity index (χ4v) is 3.98. The zero-order valence-corrected chi connectivity index (χ0v) is 19.3. The minimum atomic E-state index is -1.05. The average molecular weight is 478 g/mol. The number of amides is 1. The highest BCUT2D eigenvalue weighted by Gasteiger charge is 2.37. The first-order chi connectivity index (χ1) is 16.2. The number of benzene rings is 1. The quantitative estimate of drug-likeness (QED) is 0.479. The van der Waals surface area contributed by atoms with Crippen LogP contribution in [0.1, 0.15) is 45.8 Å². The molecule has 0 saturated heterocycles. The zero-order valence-electron chi connectivity index (χ0n) is 19.3. The van der Waals surface area contributed by atoms with Crippen LogP contribution in [-0.2, 0) is 20.9 Å². The Morgan fingerprint density at radius 3 is 2.59 bits per heavy atom. The molecule has 0 radical (unpaired) electrons. The van der Waals surface area contributed by atoms with Crippen LogP contribution in [0.25, 0.3) is 11.3 Å². The third kappa shape index (κ3) is 6.27. The maximum Gasteiger partial charge on any atom is 0.331 e. The summed E-state index contributed by atoms with van der Waals surface area (Å²) < 4.78 is 38.2. The van der Waals surface area contributed by atoms with Crippen LogP contribution in [0.3, 0.4) is 0 Å². The molecular weight excluding hydrogens is 448 g/mol. The molecule has 10 heteroatoms. The second-order valence-electron chi connectivity index (χ2n) is 8.26. The fraction of sp³-hybridized carbons (Fsp3) is 0.458. The van der Waals surface area contributed by atoms with Crippen LogP contribution in [-0.4, -0.2) is 46.4 Å². The Hall–Kier alpha value is -3.11. The largest absolute Gasteiger partial charge is 0.478 e. The molecule has 1 amide bonds. The minimum absolute atomic E-state index is 0.0840. The standard InChI is InChI=1S/C24H29F2N3O5/c1-4-16(5-2)33-22-10-15(24(31)32)9-21(23(22)28-13(3)30)27-12-17-11-20(29-34-17)14-6-7-18(25)19(26)8-14/h6-8,10-11,16,21-23,27H,4-5,9,12H2,1-3H3,(H,28,30)(H,31,32)/t21-,22+,23+/m0/s1. The summed E-state index contributed by atoms with van der Waals surface area (Å²) in [5.41, 5.74) is 0.881. The van der Waals surface area contributed by atoms with Crippen LogP contribution in [0.4, 0.5) is 8.78 Å². The van der Waals surface area contributed by atoms with Gasteiger partial charge in [0.1, 0.15) is 5.69 Å². The van der Waals surface area contributed by atoms with E-state index >= 15 is 0 Å². The Morgan fingerprint density at radius 2 is 1.97 bits per heavy atom. The predicted molar refractivity (Wildman–Crippen MR) is 120 cm³/mol. The van der Waals surface area contributed by atoms with Gasteiger partial charge in [0.05, 0.1) is 24.8 Å². The topological polar surface area (TPSA) is 114 Å².